The number of ether oxygens (including phenoxy) is 2. The van der Waals surface area contributed by atoms with Crippen molar-refractivity contribution in [2.45, 2.75) is 13.8 Å². The number of nitrogen functional groups attached to an aromatic ring is 1. The van der Waals surface area contributed by atoms with Gasteiger partial charge in [-0.05, 0) is 24.1 Å². The Bertz CT molecular complexity index is 772. The third kappa shape index (κ3) is 4.11. The number of anilines is 2. The van der Waals surface area contributed by atoms with E-state index in [4.69, 9.17) is 20.6 Å². The maximum absolute atomic E-state index is 8.68. The minimum absolute atomic E-state index is 0.284. The lowest BCUT2D eigenvalue weighted by atomic mass is 10.0. The number of nitrogens with two attached hydrogens (primary N) is 1. The Kier molecular flexibility index (Phi) is 5.68. The van der Waals surface area contributed by atoms with Gasteiger partial charge in [0, 0.05) is 36.7 Å². The molecule has 0 spiro atoms. The molecule has 0 saturated carbocycles. The van der Waals surface area contributed by atoms with Crippen LogP contribution in [0.3, 0.4) is 0 Å². The van der Waals surface area contributed by atoms with Crippen LogP contribution < -0.4 is 15.4 Å². The highest BCUT2D eigenvalue weighted by Gasteiger charge is 2.19. The van der Waals surface area contributed by atoms with Gasteiger partial charge in [0.25, 0.3) is 0 Å². The molecule has 3 N–H and O–H groups in total. The molecule has 0 atom stereocenters. The zero-order valence-electron chi connectivity index (χ0n) is 15.2. The molecule has 0 bridgehead atoms. The maximum Gasteiger partial charge on any atom is 0.225 e. The van der Waals surface area contributed by atoms with E-state index in [-0.39, 0.29) is 5.71 Å². The Morgan fingerprint density at radius 2 is 2.00 bits per heavy atom. The second-order valence-corrected chi connectivity index (χ2v) is 6.66. The first-order valence-electron chi connectivity index (χ1n) is 8.81. The third-order valence-corrected chi connectivity index (χ3v) is 4.12. The highest BCUT2D eigenvalue weighted by atomic mass is 16.5. The van der Waals surface area contributed by atoms with E-state index in [0.717, 1.165) is 24.5 Å². The molecule has 3 heterocycles. The molecule has 0 aliphatic carbocycles. The van der Waals surface area contributed by atoms with E-state index >= 15 is 0 Å². The lowest BCUT2D eigenvalue weighted by Crippen LogP contribution is -2.36. The van der Waals surface area contributed by atoms with Crippen LogP contribution in [0, 0.1) is 11.3 Å². The normalized spacial score (nSPS) is 14.5. The Hall–Kier alpha value is -2.67. The fourth-order valence-corrected chi connectivity index (χ4v) is 2.75. The molecule has 26 heavy (non-hydrogen) atoms. The standard InChI is InChI=1S/C19H25N5O2/c1-13(2)12-26-19-17(15(20)4-6-23-19)18(21)14-3-5-22-16(11-14)24-7-9-25-10-8-24/h3-6,11,13,21H,7-10,12H2,1-2H3,(H2,20,23). The summed E-state index contributed by atoms with van der Waals surface area (Å²) in [5.74, 6) is 1.59. The van der Waals surface area contributed by atoms with Crippen molar-refractivity contribution in [3.05, 3.63) is 41.7 Å². The van der Waals surface area contributed by atoms with E-state index < -0.39 is 0 Å². The van der Waals surface area contributed by atoms with Crippen molar-refractivity contribution in [1.29, 1.82) is 5.41 Å². The van der Waals surface area contributed by atoms with Crippen LogP contribution in [0.25, 0.3) is 0 Å². The van der Waals surface area contributed by atoms with Gasteiger partial charge in [-0.1, -0.05) is 13.8 Å². The summed E-state index contributed by atoms with van der Waals surface area (Å²) in [5, 5.41) is 8.68. The van der Waals surface area contributed by atoms with Gasteiger partial charge in [0.05, 0.1) is 31.1 Å². The maximum atomic E-state index is 8.68. The Balaban J connectivity index is 1.89. The van der Waals surface area contributed by atoms with Crippen molar-refractivity contribution in [3.63, 3.8) is 0 Å². The molecule has 1 aliphatic rings. The summed E-state index contributed by atoms with van der Waals surface area (Å²) in [4.78, 5) is 10.9. The SMILES string of the molecule is CC(C)COc1nccc(N)c1C(=N)c1ccnc(N2CCOCC2)c1. The van der Waals surface area contributed by atoms with Crippen molar-refractivity contribution in [3.8, 4) is 5.88 Å². The molecule has 7 nitrogen and oxygen atoms in total. The van der Waals surface area contributed by atoms with Gasteiger partial charge in [-0.3, -0.25) is 5.41 Å². The highest BCUT2D eigenvalue weighted by Crippen LogP contribution is 2.26. The van der Waals surface area contributed by atoms with Gasteiger partial charge < -0.3 is 20.1 Å². The van der Waals surface area contributed by atoms with E-state index in [1.54, 1.807) is 18.5 Å². The average Bonchev–Trinajstić information content (AvgIpc) is 2.66. The van der Waals surface area contributed by atoms with Crippen LogP contribution in [0.5, 0.6) is 5.88 Å². The van der Waals surface area contributed by atoms with Crippen molar-refractivity contribution < 1.29 is 9.47 Å². The summed E-state index contributed by atoms with van der Waals surface area (Å²) < 4.78 is 11.2. The predicted octanol–water partition coefficient (Wildman–Crippen LogP) is 2.35. The number of hydrogen-bond donors (Lipinski definition) is 2. The molecule has 1 saturated heterocycles. The first-order valence-corrected chi connectivity index (χ1v) is 8.81. The summed E-state index contributed by atoms with van der Waals surface area (Å²) in [5.41, 5.74) is 8.16. The Morgan fingerprint density at radius 1 is 1.27 bits per heavy atom. The fourth-order valence-electron chi connectivity index (χ4n) is 2.75. The van der Waals surface area contributed by atoms with E-state index in [1.165, 1.54) is 0 Å². The van der Waals surface area contributed by atoms with Crippen LogP contribution in [0.2, 0.25) is 0 Å². The van der Waals surface area contributed by atoms with Crippen molar-refractivity contribution in [2.75, 3.05) is 43.5 Å². The van der Waals surface area contributed by atoms with E-state index in [2.05, 4.69) is 28.7 Å². The molecule has 7 heteroatoms. The van der Waals surface area contributed by atoms with E-state index in [9.17, 15) is 0 Å². The summed E-state index contributed by atoms with van der Waals surface area (Å²) in [6, 6.07) is 5.41. The topological polar surface area (TPSA) is 97.4 Å². The van der Waals surface area contributed by atoms with Gasteiger partial charge in [0.15, 0.2) is 0 Å². The van der Waals surface area contributed by atoms with Crippen molar-refractivity contribution in [1.82, 2.24) is 9.97 Å². The fraction of sp³-hybridized carbons (Fsp3) is 0.421. The molecular formula is C19H25N5O2. The molecule has 1 fully saturated rings. The van der Waals surface area contributed by atoms with Crippen LogP contribution in [0.1, 0.15) is 25.0 Å². The second-order valence-electron chi connectivity index (χ2n) is 6.66. The Morgan fingerprint density at radius 3 is 2.73 bits per heavy atom. The summed E-state index contributed by atoms with van der Waals surface area (Å²) in [6.07, 6.45) is 3.32. The minimum Gasteiger partial charge on any atom is -0.477 e. The van der Waals surface area contributed by atoms with Crippen LogP contribution in [0.15, 0.2) is 30.6 Å². The number of nitrogens with one attached hydrogen (secondary N) is 1. The minimum atomic E-state index is 0.284. The lowest BCUT2D eigenvalue weighted by molar-refractivity contribution is 0.122. The smallest absolute Gasteiger partial charge is 0.225 e. The Labute approximate surface area is 153 Å². The number of aromatic nitrogens is 2. The third-order valence-electron chi connectivity index (χ3n) is 4.12. The lowest BCUT2D eigenvalue weighted by Gasteiger charge is -2.28. The van der Waals surface area contributed by atoms with Crippen molar-refractivity contribution >= 4 is 17.2 Å². The molecule has 2 aromatic heterocycles. The van der Waals surface area contributed by atoms with Gasteiger partial charge in [0.2, 0.25) is 5.88 Å². The molecule has 0 aromatic carbocycles. The molecule has 1 aliphatic heterocycles. The summed E-state index contributed by atoms with van der Waals surface area (Å²) >= 11 is 0. The number of nitrogens with zero attached hydrogens (tertiary/aromatic N) is 3. The monoisotopic (exact) mass is 355 g/mol. The number of rotatable bonds is 6. The summed E-state index contributed by atoms with van der Waals surface area (Å²) in [7, 11) is 0. The zero-order valence-corrected chi connectivity index (χ0v) is 15.2. The second kappa shape index (κ2) is 8.14. The van der Waals surface area contributed by atoms with Gasteiger partial charge >= 0.3 is 0 Å². The van der Waals surface area contributed by atoms with Gasteiger partial charge in [-0.15, -0.1) is 0 Å². The van der Waals surface area contributed by atoms with Gasteiger partial charge in [-0.2, -0.15) is 0 Å². The molecule has 2 aromatic rings. The van der Waals surface area contributed by atoms with Crippen LogP contribution in [-0.4, -0.2) is 48.6 Å². The van der Waals surface area contributed by atoms with E-state index in [0.29, 0.717) is 42.9 Å². The molecule has 3 rings (SSSR count). The van der Waals surface area contributed by atoms with Gasteiger partial charge in [0.1, 0.15) is 5.82 Å². The van der Waals surface area contributed by atoms with Crippen LogP contribution in [0.4, 0.5) is 11.5 Å². The molecule has 0 unspecified atom stereocenters. The quantitative estimate of drug-likeness (QED) is 0.772. The predicted molar refractivity (Wildman–Crippen MR) is 102 cm³/mol. The van der Waals surface area contributed by atoms with Crippen LogP contribution >= 0.6 is 0 Å². The first-order chi connectivity index (χ1) is 12.6. The largest absolute Gasteiger partial charge is 0.477 e. The molecular weight excluding hydrogens is 330 g/mol. The van der Waals surface area contributed by atoms with Crippen molar-refractivity contribution in [2.24, 2.45) is 5.92 Å². The molecule has 0 radical (unpaired) electrons. The summed E-state index contributed by atoms with van der Waals surface area (Å²) in [6.45, 7) is 7.61. The zero-order chi connectivity index (χ0) is 18.5. The average molecular weight is 355 g/mol. The molecule has 138 valence electrons. The van der Waals surface area contributed by atoms with E-state index in [1.807, 2.05) is 12.1 Å². The number of morpholine rings is 1. The van der Waals surface area contributed by atoms with Gasteiger partial charge in [-0.25, -0.2) is 9.97 Å². The first kappa shape index (κ1) is 18.1. The number of pyridine rings is 2. The molecule has 0 amide bonds. The highest BCUT2D eigenvalue weighted by molar-refractivity contribution is 6.15. The number of hydrogen-bond acceptors (Lipinski definition) is 7. The van der Waals surface area contributed by atoms with Crippen LogP contribution in [-0.2, 0) is 4.74 Å².